The van der Waals surface area contributed by atoms with Crippen molar-refractivity contribution in [2.75, 3.05) is 5.88 Å². The van der Waals surface area contributed by atoms with Crippen LogP contribution in [-0.2, 0) is 34.1 Å². The Morgan fingerprint density at radius 3 is 2.02 bits per heavy atom. The van der Waals surface area contributed by atoms with E-state index in [1.165, 1.54) is 18.6 Å². The normalized spacial score (nSPS) is 16.7. The van der Waals surface area contributed by atoms with Crippen molar-refractivity contribution in [2.24, 2.45) is 17.8 Å². The van der Waals surface area contributed by atoms with E-state index >= 15 is 0 Å². The summed E-state index contributed by atoms with van der Waals surface area (Å²) in [5, 5.41) is 12.6. The summed E-state index contributed by atoms with van der Waals surface area (Å²) >= 11 is 0. The number of carbonyl (C=O) groups excluding carboxylic acids is 6. The summed E-state index contributed by atoms with van der Waals surface area (Å²) in [4.78, 5) is 86.9. The lowest BCUT2D eigenvalue weighted by molar-refractivity contribution is -0.140. The van der Waals surface area contributed by atoms with Crippen molar-refractivity contribution in [3.63, 3.8) is 0 Å². The highest BCUT2D eigenvalue weighted by atomic mass is 32.2. The van der Waals surface area contributed by atoms with Crippen LogP contribution in [-0.4, -0.2) is 88.3 Å². The van der Waals surface area contributed by atoms with E-state index in [1.54, 1.807) is 13.8 Å². The Labute approximate surface area is 287 Å². The van der Waals surface area contributed by atoms with Crippen LogP contribution in [0.15, 0.2) is 18.6 Å². The first-order valence-electron chi connectivity index (χ1n) is 16.8. The lowest BCUT2D eigenvalue weighted by atomic mass is 9.84. The molecular formula is C32H51N7O9S. The van der Waals surface area contributed by atoms with Gasteiger partial charge in [-0.2, -0.15) is 8.42 Å². The summed E-state index contributed by atoms with van der Waals surface area (Å²) in [6.07, 6.45) is 9.67. The van der Waals surface area contributed by atoms with Gasteiger partial charge < -0.3 is 26.6 Å². The van der Waals surface area contributed by atoms with Crippen molar-refractivity contribution in [3.05, 3.63) is 24.3 Å². The maximum atomic E-state index is 13.9. The molecule has 2 rings (SSSR count). The molecule has 6 N–H and O–H groups in total. The van der Waals surface area contributed by atoms with Gasteiger partial charge in [0.2, 0.25) is 23.5 Å². The minimum atomic E-state index is -4.58. The van der Waals surface area contributed by atoms with Crippen molar-refractivity contribution in [3.8, 4) is 0 Å². The number of rotatable bonds is 19. The second-order valence-electron chi connectivity index (χ2n) is 13.0. The van der Waals surface area contributed by atoms with E-state index in [9.17, 15) is 37.2 Å². The number of amides is 5. The number of nitrogens with zero attached hydrogens (tertiary/aromatic N) is 2. The first kappa shape index (κ1) is 41.2. The molecule has 0 radical (unpaired) electrons. The zero-order valence-electron chi connectivity index (χ0n) is 28.9. The van der Waals surface area contributed by atoms with E-state index in [1.807, 2.05) is 26.1 Å². The first-order valence-corrected chi connectivity index (χ1v) is 18.4. The molecule has 0 spiro atoms. The van der Waals surface area contributed by atoms with Gasteiger partial charge in [-0.25, -0.2) is 4.98 Å². The summed E-state index contributed by atoms with van der Waals surface area (Å²) in [5.74, 6) is -6.42. The molecule has 0 aromatic carbocycles. The predicted molar refractivity (Wildman–Crippen MR) is 179 cm³/mol. The SMILES string of the molecule is CCC(NC(=O)C(CC1CCCCC1)NC(=O)[C@@H](NC(=O)[C@H](CC(C)C)NC(=O)c1cnccn1)C(C)CC)C(=O)C(=O)NCS(=O)(=O)O. The lowest BCUT2D eigenvalue weighted by Gasteiger charge is -2.31. The highest BCUT2D eigenvalue weighted by Gasteiger charge is 2.35. The van der Waals surface area contributed by atoms with Gasteiger partial charge in [-0.1, -0.05) is 73.1 Å². The largest absolute Gasteiger partial charge is 0.344 e. The second-order valence-corrected chi connectivity index (χ2v) is 14.4. The van der Waals surface area contributed by atoms with Crippen LogP contribution in [0.25, 0.3) is 0 Å². The summed E-state index contributed by atoms with van der Waals surface area (Å²) in [6, 6.07) is -4.54. The molecule has 1 saturated carbocycles. The molecule has 0 bridgehead atoms. The quantitative estimate of drug-likeness (QED) is 0.0875. The van der Waals surface area contributed by atoms with Crippen molar-refractivity contribution >= 4 is 45.4 Å². The Balaban J connectivity index is 2.27. The molecule has 1 aromatic heterocycles. The highest BCUT2D eigenvalue weighted by Crippen LogP contribution is 2.27. The maximum absolute atomic E-state index is 13.9. The third-order valence-corrected chi connectivity index (χ3v) is 9.03. The van der Waals surface area contributed by atoms with Crippen LogP contribution < -0.4 is 26.6 Å². The van der Waals surface area contributed by atoms with Crippen molar-refractivity contribution in [1.29, 1.82) is 0 Å². The zero-order chi connectivity index (χ0) is 36.7. The molecule has 5 atom stereocenters. The molecule has 1 fully saturated rings. The third kappa shape index (κ3) is 14.2. The molecule has 1 heterocycles. The van der Waals surface area contributed by atoms with Gasteiger partial charge in [0, 0.05) is 12.4 Å². The molecule has 1 aromatic rings. The minimum Gasteiger partial charge on any atom is -0.344 e. The Morgan fingerprint density at radius 1 is 0.837 bits per heavy atom. The van der Waals surface area contributed by atoms with Crippen molar-refractivity contribution < 1.29 is 41.7 Å². The van der Waals surface area contributed by atoms with Crippen molar-refractivity contribution in [2.45, 2.75) is 117 Å². The predicted octanol–water partition coefficient (Wildman–Crippen LogP) is 1.03. The Kier molecular flexibility index (Phi) is 16.7. The van der Waals surface area contributed by atoms with Gasteiger partial charge in [0.15, 0.2) is 0 Å². The fourth-order valence-electron chi connectivity index (χ4n) is 5.58. The van der Waals surface area contributed by atoms with Gasteiger partial charge in [0.05, 0.1) is 12.2 Å². The van der Waals surface area contributed by atoms with E-state index in [0.717, 1.165) is 32.1 Å². The summed E-state index contributed by atoms with van der Waals surface area (Å²) < 4.78 is 30.9. The molecule has 274 valence electrons. The van der Waals surface area contributed by atoms with Crippen molar-refractivity contribution in [1.82, 2.24) is 36.6 Å². The van der Waals surface area contributed by atoms with E-state index in [2.05, 4.69) is 31.2 Å². The monoisotopic (exact) mass is 709 g/mol. The molecule has 1 aliphatic carbocycles. The Morgan fingerprint density at radius 2 is 1.47 bits per heavy atom. The van der Waals surface area contributed by atoms with Crippen LogP contribution in [0.2, 0.25) is 0 Å². The number of hydrogen-bond donors (Lipinski definition) is 6. The van der Waals surface area contributed by atoms with Gasteiger partial charge >= 0.3 is 0 Å². The summed E-state index contributed by atoms with van der Waals surface area (Å²) in [7, 11) is -4.58. The topological polar surface area (TPSA) is 243 Å². The fraction of sp³-hybridized carbons (Fsp3) is 0.688. The standard InChI is InChI=1S/C32H51N7O9S/c1-6-20(5)26(39-29(42)23(15-19(3)4)37-30(43)25-17-33-13-14-34-25)31(44)38-24(16-21-11-9-8-10-12-21)28(41)36-22(7-2)27(40)32(45)35-18-49(46,47)48/h13-14,17,19-24,26H,6-12,15-16,18H2,1-5H3,(H,35,45)(H,36,41)(H,37,43)(H,38,44)(H,39,42)(H,46,47,48)/t20?,22?,23-,24?,26-/m0/s1. The number of ketones is 1. The van der Waals surface area contributed by atoms with E-state index in [4.69, 9.17) is 4.55 Å². The Hall–Kier alpha value is -3.99. The lowest BCUT2D eigenvalue weighted by Crippen LogP contribution is -2.60. The molecule has 0 aliphatic heterocycles. The van der Waals surface area contributed by atoms with Crippen LogP contribution in [0.3, 0.4) is 0 Å². The molecule has 17 heteroatoms. The van der Waals surface area contributed by atoms with Crippen LogP contribution >= 0.6 is 0 Å². The molecule has 0 saturated heterocycles. The van der Waals surface area contributed by atoms with Crippen LogP contribution in [0.4, 0.5) is 0 Å². The van der Waals surface area contributed by atoms with Crippen LogP contribution in [0.5, 0.6) is 0 Å². The van der Waals surface area contributed by atoms with Gasteiger partial charge in [-0.05, 0) is 37.0 Å². The van der Waals surface area contributed by atoms with Crippen LogP contribution in [0.1, 0.15) is 103 Å². The molecule has 1 aliphatic rings. The minimum absolute atomic E-state index is 0.00157. The summed E-state index contributed by atoms with van der Waals surface area (Å²) in [6.45, 7) is 8.92. The number of nitrogens with one attached hydrogen (secondary N) is 5. The first-order chi connectivity index (χ1) is 23.1. The third-order valence-electron chi connectivity index (χ3n) is 8.52. The average Bonchev–Trinajstić information content (AvgIpc) is 3.07. The smallest absolute Gasteiger partial charge is 0.290 e. The van der Waals surface area contributed by atoms with E-state index < -0.39 is 75.5 Å². The molecule has 49 heavy (non-hydrogen) atoms. The molecular weight excluding hydrogens is 658 g/mol. The Bertz CT molecular complexity index is 1400. The van der Waals surface area contributed by atoms with Gasteiger partial charge in [0.1, 0.15) is 29.7 Å². The maximum Gasteiger partial charge on any atom is 0.290 e. The summed E-state index contributed by atoms with van der Waals surface area (Å²) in [5.41, 5.74) is 0.0246. The zero-order valence-corrected chi connectivity index (χ0v) is 29.7. The number of hydrogen-bond acceptors (Lipinski definition) is 10. The number of carbonyl (C=O) groups is 6. The van der Waals surface area contributed by atoms with E-state index in [0.29, 0.717) is 6.42 Å². The molecule has 16 nitrogen and oxygen atoms in total. The fourth-order valence-corrected chi connectivity index (χ4v) is 5.90. The van der Waals surface area contributed by atoms with Crippen LogP contribution in [0, 0.1) is 17.8 Å². The van der Waals surface area contributed by atoms with Gasteiger partial charge in [0.25, 0.3) is 21.9 Å². The molecule has 3 unspecified atom stereocenters. The van der Waals surface area contributed by atoms with E-state index in [-0.39, 0.29) is 42.7 Å². The second kappa shape index (κ2) is 19.9. The highest BCUT2D eigenvalue weighted by molar-refractivity contribution is 7.85. The van der Waals surface area contributed by atoms with Gasteiger partial charge in [-0.3, -0.25) is 38.3 Å². The number of aromatic nitrogens is 2. The average molecular weight is 710 g/mol. The molecule has 5 amide bonds. The van der Waals surface area contributed by atoms with Gasteiger partial charge in [-0.15, -0.1) is 0 Å². The number of Topliss-reactive ketones (excluding diaryl/α,β-unsaturated/α-hetero) is 1.